The fourth-order valence-electron chi connectivity index (χ4n) is 1.95. The molecule has 7 heteroatoms. The van der Waals surface area contributed by atoms with E-state index in [9.17, 15) is 4.39 Å². The Hall–Kier alpha value is -1.02. The van der Waals surface area contributed by atoms with Crippen LogP contribution >= 0.6 is 0 Å². The van der Waals surface area contributed by atoms with Crippen LogP contribution in [0.2, 0.25) is 0 Å². The Labute approximate surface area is 98.8 Å². The van der Waals surface area contributed by atoms with Crippen LogP contribution in [0.3, 0.4) is 0 Å². The Morgan fingerprint density at radius 2 is 2.41 bits per heavy atom. The summed E-state index contributed by atoms with van der Waals surface area (Å²) in [5.74, 6) is -0.839. The van der Waals surface area contributed by atoms with Gasteiger partial charge in [0.05, 0.1) is 13.2 Å². The van der Waals surface area contributed by atoms with Gasteiger partial charge in [-0.2, -0.15) is 4.39 Å². The van der Waals surface area contributed by atoms with Crippen LogP contribution < -0.4 is 10.8 Å². The zero-order chi connectivity index (χ0) is 12.3. The second-order valence-electron chi connectivity index (χ2n) is 3.98. The van der Waals surface area contributed by atoms with Gasteiger partial charge in [-0.1, -0.05) is 0 Å². The third kappa shape index (κ3) is 3.01. The van der Waals surface area contributed by atoms with Gasteiger partial charge in [-0.25, -0.2) is 4.98 Å². The van der Waals surface area contributed by atoms with Crippen LogP contribution in [0.4, 0.5) is 4.39 Å². The van der Waals surface area contributed by atoms with E-state index < -0.39 is 13.1 Å². The molecular weight excluding hydrogens is 226 g/mol. The Bertz CT molecular complexity index is 386. The van der Waals surface area contributed by atoms with Crippen molar-refractivity contribution in [1.29, 1.82) is 0 Å². The first-order valence-corrected chi connectivity index (χ1v) is 5.49. The fraction of sp³-hybridized carbons (Fsp3) is 0.500. The molecule has 1 aromatic rings. The van der Waals surface area contributed by atoms with E-state index in [2.05, 4.69) is 10.3 Å². The summed E-state index contributed by atoms with van der Waals surface area (Å²) in [4.78, 5) is 3.42. The maximum absolute atomic E-state index is 13.4. The smallest absolute Gasteiger partial charge is 0.423 e. The molecule has 0 amide bonds. The topological polar surface area (TPSA) is 74.6 Å². The van der Waals surface area contributed by atoms with E-state index in [1.165, 1.54) is 6.20 Å². The van der Waals surface area contributed by atoms with Crippen LogP contribution in [0.15, 0.2) is 12.3 Å². The monoisotopic (exact) mass is 240 g/mol. The summed E-state index contributed by atoms with van der Waals surface area (Å²) < 4.78 is 18.7. The molecule has 1 aliphatic heterocycles. The molecule has 0 radical (unpaired) electrons. The molecule has 1 atom stereocenters. The molecule has 1 aliphatic rings. The molecule has 1 aromatic heterocycles. The second kappa shape index (κ2) is 5.55. The lowest BCUT2D eigenvalue weighted by Gasteiger charge is -2.24. The molecule has 3 N–H and O–H groups in total. The Morgan fingerprint density at radius 3 is 3.06 bits per heavy atom. The lowest BCUT2D eigenvalue weighted by molar-refractivity contribution is 0.0770. The lowest BCUT2D eigenvalue weighted by atomic mass is 9.76. The minimum absolute atomic E-state index is 0.0584. The summed E-state index contributed by atoms with van der Waals surface area (Å²) in [5, 5.41) is 21.5. The molecule has 0 spiro atoms. The molecule has 5 nitrogen and oxygen atoms in total. The third-order valence-electron chi connectivity index (χ3n) is 2.75. The average Bonchev–Trinajstić information content (AvgIpc) is 2.30. The van der Waals surface area contributed by atoms with Crippen molar-refractivity contribution in [1.82, 2.24) is 10.3 Å². The second-order valence-corrected chi connectivity index (χ2v) is 3.98. The first-order valence-electron chi connectivity index (χ1n) is 5.49. The van der Waals surface area contributed by atoms with Gasteiger partial charge in [0, 0.05) is 24.2 Å². The van der Waals surface area contributed by atoms with Gasteiger partial charge in [-0.05, 0) is 18.1 Å². The van der Waals surface area contributed by atoms with Crippen molar-refractivity contribution in [3.63, 3.8) is 0 Å². The van der Waals surface area contributed by atoms with Crippen LogP contribution in [0.25, 0.3) is 0 Å². The predicted molar refractivity (Wildman–Crippen MR) is 60.3 cm³/mol. The summed E-state index contributed by atoms with van der Waals surface area (Å²) in [5.41, 5.74) is 0.385. The number of hydrogen-bond donors (Lipinski definition) is 3. The van der Waals surface area contributed by atoms with Crippen molar-refractivity contribution in [3.8, 4) is 0 Å². The van der Waals surface area contributed by atoms with Crippen molar-refractivity contribution in [3.05, 3.63) is 23.8 Å². The van der Waals surface area contributed by atoms with Crippen molar-refractivity contribution in [2.24, 2.45) is 0 Å². The number of ether oxygens (including phenoxy) is 1. The zero-order valence-electron chi connectivity index (χ0n) is 9.27. The number of pyridine rings is 1. The van der Waals surface area contributed by atoms with Gasteiger partial charge in [0.15, 0.2) is 0 Å². The summed E-state index contributed by atoms with van der Waals surface area (Å²) >= 11 is 0. The number of hydrogen-bond acceptors (Lipinski definition) is 5. The van der Waals surface area contributed by atoms with Crippen molar-refractivity contribution in [2.45, 2.75) is 12.5 Å². The number of morpholine rings is 1. The van der Waals surface area contributed by atoms with E-state index in [0.717, 1.165) is 6.54 Å². The standard InChI is InChI=1S/C10H14BFN2O3/c12-10-9(11(15)16)7(1-2-14-10)5-8-6-17-4-3-13-8/h1-2,8,13,15-16H,3-6H2. The molecule has 0 aliphatic carbocycles. The van der Waals surface area contributed by atoms with E-state index in [1.54, 1.807) is 6.07 Å². The summed E-state index contributed by atoms with van der Waals surface area (Å²) in [6.45, 7) is 1.94. The fourth-order valence-corrected chi connectivity index (χ4v) is 1.95. The van der Waals surface area contributed by atoms with Gasteiger partial charge in [0.25, 0.3) is 0 Å². The number of halogens is 1. The van der Waals surface area contributed by atoms with Crippen molar-refractivity contribution in [2.75, 3.05) is 19.8 Å². The highest BCUT2D eigenvalue weighted by molar-refractivity contribution is 6.59. The number of aromatic nitrogens is 1. The Kier molecular flexibility index (Phi) is 4.06. The molecule has 0 saturated carbocycles. The van der Waals surface area contributed by atoms with Gasteiger partial charge in [0.2, 0.25) is 5.95 Å². The summed E-state index contributed by atoms with van der Waals surface area (Å²) in [7, 11) is -1.84. The molecular formula is C10H14BFN2O3. The van der Waals surface area contributed by atoms with Crippen molar-refractivity contribution >= 4 is 12.6 Å². The molecule has 1 unspecified atom stereocenters. The Balaban J connectivity index is 2.16. The quantitative estimate of drug-likeness (QED) is 0.439. The minimum Gasteiger partial charge on any atom is -0.423 e. The molecule has 2 heterocycles. The maximum atomic E-state index is 13.4. The molecule has 0 aromatic carbocycles. The summed E-state index contributed by atoms with van der Waals surface area (Å²) in [6, 6.07) is 1.65. The highest BCUT2D eigenvalue weighted by Crippen LogP contribution is 2.05. The zero-order valence-corrected chi connectivity index (χ0v) is 9.27. The number of nitrogens with one attached hydrogen (secondary N) is 1. The van der Waals surface area contributed by atoms with Crippen LogP contribution in [-0.2, 0) is 11.2 Å². The average molecular weight is 240 g/mol. The number of nitrogens with zero attached hydrogens (tertiary/aromatic N) is 1. The van der Waals surface area contributed by atoms with Crippen LogP contribution in [-0.4, -0.2) is 48.0 Å². The highest BCUT2D eigenvalue weighted by atomic mass is 19.1. The first kappa shape index (κ1) is 12.4. The minimum atomic E-state index is -1.84. The van der Waals surface area contributed by atoms with E-state index in [-0.39, 0.29) is 11.5 Å². The molecule has 92 valence electrons. The normalized spacial score (nSPS) is 20.3. The van der Waals surface area contributed by atoms with Crippen LogP contribution in [0.1, 0.15) is 5.56 Å². The SMILES string of the molecule is OB(O)c1c(CC2COCCN2)ccnc1F. The van der Waals surface area contributed by atoms with Gasteiger partial charge < -0.3 is 20.1 Å². The maximum Gasteiger partial charge on any atom is 0.493 e. The van der Waals surface area contributed by atoms with E-state index in [4.69, 9.17) is 14.8 Å². The molecule has 1 saturated heterocycles. The van der Waals surface area contributed by atoms with E-state index in [1.807, 2.05) is 0 Å². The van der Waals surface area contributed by atoms with Crippen molar-refractivity contribution < 1.29 is 19.2 Å². The predicted octanol–water partition coefficient (Wildman–Crippen LogP) is -1.57. The summed E-state index contributed by atoms with van der Waals surface area (Å²) in [6.07, 6.45) is 1.80. The Morgan fingerprint density at radius 1 is 1.59 bits per heavy atom. The first-order chi connectivity index (χ1) is 8.18. The molecule has 2 rings (SSSR count). The van der Waals surface area contributed by atoms with Gasteiger partial charge in [0.1, 0.15) is 0 Å². The van der Waals surface area contributed by atoms with Gasteiger partial charge in [-0.3, -0.25) is 0 Å². The van der Waals surface area contributed by atoms with Gasteiger partial charge in [-0.15, -0.1) is 0 Å². The van der Waals surface area contributed by atoms with E-state index >= 15 is 0 Å². The lowest BCUT2D eigenvalue weighted by Crippen LogP contribution is -2.45. The van der Waals surface area contributed by atoms with Gasteiger partial charge >= 0.3 is 7.12 Å². The largest absolute Gasteiger partial charge is 0.493 e. The number of rotatable bonds is 3. The molecule has 0 bridgehead atoms. The third-order valence-corrected chi connectivity index (χ3v) is 2.75. The highest BCUT2D eigenvalue weighted by Gasteiger charge is 2.24. The van der Waals surface area contributed by atoms with E-state index in [0.29, 0.717) is 25.2 Å². The molecule has 1 fully saturated rings. The molecule has 17 heavy (non-hydrogen) atoms. The van der Waals surface area contributed by atoms with Crippen LogP contribution in [0.5, 0.6) is 0 Å². The van der Waals surface area contributed by atoms with Crippen LogP contribution in [0, 0.1) is 5.95 Å².